The van der Waals surface area contributed by atoms with Crippen LogP contribution < -0.4 is 15.8 Å². The Hall–Kier alpha value is -6.32. The molecule has 0 radical (unpaired) electrons. The molecule has 366 valence electrons. The van der Waals surface area contributed by atoms with Gasteiger partial charge in [0.2, 0.25) is 0 Å². The first kappa shape index (κ1) is 47.0. The highest BCUT2D eigenvalue weighted by Gasteiger charge is 2.47. The molecule has 1 aromatic heterocycles. The maximum absolute atomic E-state index is 11.7. The summed E-state index contributed by atoms with van der Waals surface area (Å²) in [5, 5.41) is 50.0. The van der Waals surface area contributed by atoms with Crippen molar-refractivity contribution in [2.24, 2.45) is 17.6 Å². The first-order chi connectivity index (χ1) is 34.7. The van der Waals surface area contributed by atoms with E-state index in [-0.39, 0.29) is 43.0 Å². The minimum absolute atomic E-state index is 0.0363. The van der Waals surface area contributed by atoms with Gasteiger partial charge in [-0.3, -0.25) is 0 Å². The van der Waals surface area contributed by atoms with Gasteiger partial charge in [-0.2, -0.15) is 0 Å². The number of aromatic nitrogens is 1. The summed E-state index contributed by atoms with van der Waals surface area (Å²) in [6.07, 6.45) is 14.0. The van der Waals surface area contributed by atoms with Crippen LogP contribution in [0.5, 0.6) is 17.2 Å². The summed E-state index contributed by atoms with van der Waals surface area (Å²) in [5.41, 5.74) is 18.0. The van der Waals surface area contributed by atoms with Crippen LogP contribution in [0, 0.1) is 23.7 Å². The predicted octanol–water partition coefficient (Wildman–Crippen LogP) is 9.49. The number of benzene rings is 5. The zero-order valence-electron chi connectivity index (χ0n) is 40.4. The lowest BCUT2D eigenvalue weighted by atomic mass is 9.57. The van der Waals surface area contributed by atoms with E-state index in [1.54, 1.807) is 6.07 Å². The van der Waals surface area contributed by atoms with Crippen LogP contribution in [-0.2, 0) is 53.8 Å². The topological polar surface area (TPSA) is 152 Å². The van der Waals surface area contributed by atoms with Gasteiger partial charge in [-0.1, -0.05) is 84.6 Å². The number of aliphatic hydroxyl groups excluding tert-OH is 2. The molecule has 5 aromatic carbocycles. The number of nitrogens with one attached hydrogen (secondary N) is 1. The van der Waals surface area contributed by atoms with Gasteiger partial charge >= 0.3 is 0 Å². The Morgan fingerprint density at radius 3 is 2.56 bits per heavy atom. The second-order valence-electron chi connectivity index (χ2n) is 20.5. The largest absolute Gasteiger partial charge is 0.508 e. The highest BCUT2D eigenvalue weighted by atomic mass is 16.5. The zero-order chi connectivity index (χ0) is 48.5. The predicted molar refractivity (Wildman–Crippen MR) is 277 cm³/mol. The van der Waals surface area contributed by atoms with Crippen LogP contribution in [0.1, 0.15) is 101 Å². The summed E-state index contributed by atoms with van der Waals surface area (Å²) in [6, 6.07) is 33.2. The fraction of sp³-hybridized carbons (Fsp3) is 0.377. The molecule has 0 spiro atoms. The molecule has 1 unspecified atom stereocenters. The van der Waals surface area contributed by atoms with E-state index in [0.717, 1.165) is 101 Å². The van der Waals surface area contributed by atoms with Crippen molar-refractivity contribution in [2.45, 2.75) is 114 Å². The lowest BCUT2D eigenvalue weighted by Crippen LogP contribution is -2.47. The van der Waals surface area contributed by atoms with Crippen LogP contribution in [-0.4, -0.2) is 63.2 Å². The molecular weight excluding hydrogens is 887 g/mol. The van der Waals surface area contributed by atoms with Gasteiger partial charge in [0.15, 0.2) is 11.5 Å². The van der Waals surface area contributed by atoms with E-state index in [9.17, 15) is 20.4 Å². The fourth-order valence-corrected chi connectivity index (χ4v) is 12.2. The number of aryl methyl sites for hydroxylation is 3. The molecule has 0 amide bonds. The fourth-order valence-electron chi connectivity index (χ4n) is 12.2. The zero-order valence-corrected chi connectivity index (χ0v) is 40.4. The van der Waals surface area contributed by atoms with Gasteiger partial charge in [-0.05, 0) is 157 Å². The molecule has 6 bridgehead atoms. The molecular formula is C61H65N3O7. The second-order valence-corrected chi connectivity index (χ2v) is 20.5. The number of hydrogen-bond acceptors (Lipinski definition) is 9. The highest BCUT2D eigenvalue weighted by molar-refractivity contribution is 5.88. The Kier molecular flexibility index (Phi) is 13.5. The number of fused-ring (bicyclic) bond motifs is 9. The molecule has 1 aliphatic carbocycles. The van der Waals surface area contributed by atoms with Gasteiger partial charge in [-0.25, -0.2) is 0 Å². The van der Waals surface area contributed by atoms with E-state index in [4.69, 9.17) is 19.9 Å². The third-order valence-corrected chi connectivity index (χ3v) is 16.0. The number of phenols is 2. The summed E-state index contributed by atoms with van der Waals surface area (Å²) in [7, 11) is 0. The van der Waals surface area contributed by atoms with Crippen LogP contribution in [0.3, 0.4) is 0 Å². The van der Waals surface area contributed by atoms with Crippen molar-refractivity contribution < 1.29 is 34.6 Å². The monoisotopic (exact) mass is 951 g/mol. The molecule has 7 N–H and O–H groups in total. The minimum atomic E-state index is -0.678. The first-order valence-electron chi connectivity index (χ1n) is 25.7. The van der Waals surface area contributed by atoms with Crippen molar-refractivity contribution in [1.29, 1.82) is 0 Å². The Balaban J connectivity index is 1.01. The van der Waals surface area contributed by atoms with Gasteiger partial charge in [0, 0.05) is 58.7 Å². The summed E-state index contributed by atoms with van der Waals surface area (Å²) >= 11 is 0. The minimum Gasteiger partial charge on any atom is -0.508 e. The number of nitrogens with two attached hydrogens (primary N) is 1. The van der Waals surface area contributed by atoms with E-state index in [1.807, 2.05) is 42.5 Å². The van der Waals surface area contributed by atoms with Crippen molar-refractivity contribution in [2.75, 3.05) is 19.8 Å². The molecule has 6 aromatic rings. The summed E-state index contributed by atoms with van der Waals surface area (Å²) in [5.74, 6) is 9.14. The summed E-state index contributed by atoms with van der Waals surface area (Å²) in [6.45, 7) is 1.57. The lowest BCUT2D eigenvalue weighted by molar-refractivity contribution is 0.00498. The molecule has 1 fully saturated rings. The average Bonchev–Trinajstić information content (AvgIpc) is 3.82. The Morgan fingerprint density at radius 2 is 1.68 bits per heavy atom. The van der Waals surface area contributed by atoms with Crippen LogP contribution in [0.2, 0.25) is 0 Å². The van der Waals surface area contributed by atoms with Gasteiger partial charge in [0.1, 0.15) is 18.2 Å². The second kappa shape index (κ2) is 20.4. The molecule has 71 heavy (non-hydrogen) atoms. The van der Waals surface area contributed by atoms with Gasteiger partial charge in [0.25, 0.3) is 0 Å². The van der Waals surface area contributed by atoms with Crippen molar-refractivity contribution in [3.63, 3.8) is 0 Å². The van der Waals surface area contributed by atoms with Gasteiger partial charge in [0.05, 0.1) is 38.2 Å². The number of dihydropyridines is 1. The van der Waals surface area contributed by atoms with Gasteiger partial charge < -0.3 is 50.3 Å². The molecule has 0 saturated carbocycles. The summed E-state index contributed by atoms with van der Waals surface area (Å²) < 4.78 is 21.9. The molecule has 6 atom stereocenters. The lowest BCUT2D eigenvalue weighted by Gasteiger charge is -2.49. The highest BCUT2D eigenvalue weighted by Crippen LogP contribution is 2.52. The van der Waals surface area contributed by atoms with E-state index < -0.39 is 12.3 Å². The van der Waals surface area contributed by atoms with E-state index >= 15 is 0 Å². The number of rotatable bonds is 7. The molecule has 5 aliphatic rings. The quantitative estimate of drug-likeness (QED) is 0.0861. The van der Waals surface area contributed by atoms with Crippen LogP contribution >= 0.6 is 0 Å². The van der Waals surface area contributed by atoms with Crippen molar-refractivity contribution in [3.8, 4) is 29.1 Å². The van der Waals surface area contributed by atoms with Crippen molar-refractivity contribution >= 4 is 16.6 Å². The van der Waals surface area contributed by atoms with E-state index in [1.165, 1.54) is 22.3 Å². The molecule has 10 heteroatoms. The third-order valence-electron chi connectivity index (χ3n) is 16.0. The molecule has 11 rings (SSSR count). The number of aliphatic hydroxyl groups is 2. The Bertz CT molecular complexity index is 3050. The van der Waals surface area contributed by atoms with Crippen LogP contribution in [0.4, 0.5) is 0 Å². The average molecular weight is 952 g/mol. The molecule has 10 nitrogen and oxygen atoms in total. The number of hydrogen-bond donors (Lipinski definition) is 6. The van der Waals surface area contributed by atoms with Gasteiger partial charge in [-0.15, -0.1) is 0 Å². The van der Waals surface area contributed by atoms with E-state index in [2.05, 4.69) is 88.7 Å². The van der Waals surface area contributed by atoms with Crippen LogP contribution in [0.15, 0.2) is 127 Å². The first-order valence-corrected chi connectivity index (χ1v) is 25.7. The van der Waals surface area contributed by atoms with Crippen molar-refractivity contribution in [3.05, 3.63) is 177 Å². The Labute approximate surface area is 416 Å². The smallest absolute Gasteiger partial charge is 0.161 e. The third kappa shape index (κ3) is 9.74. The number of nitrogens with zero attached hydrogens (tertiary/aromatic N) is 1. The molecule has 5 heterocycles. The SMILES string of the molecule is NC1C=C2C#C[C@H](CCc3ccc(O)c(Cc4ccccc4)c3)CCC[C@H]3C[C@H](O)CCc4cc(c(O)cc4CO)OCc4cc([C@]56CCOC[C@@H]5CCc5ccccc56)cc5cn(cc45)C(=C2CO3)N1. The maximum Gasteiger partial charge on any atom is 0.161 e. The van der Waals surface area contributed by atoms with E-state index in [0.29, 0.717) is 61.9 Å². The Morgan fingerprint density at radius 1 is 0.817 bits per heavy atom. The summed E-state index contributed by atoms with van der Waals surface area (Å²) in [4.78, 5) is 0. The maximum atomic E-state index is 11.7. The molecule has 1 saturated heterocycles. The normalized spacial score (nSPS) is 24.5. The van der Waals surface area contributed by atoms with Crippen molar-refractivity contribution in [1.82, 2.24) is 9.88 Å². The number of aromatic hydroxyl groups is 2. The number of ether oxygens (including phenoxy) is 3. The molecule has 4 aliphatic heterocycles. The van der Waals surface area contributed by atoms with Crippen LogP contribution in [0.25, 0.3) is 16.6 Å². The number of phenolic OH excluding ortho intramolecular Hbond substituents is 2. The standard InChI is InChI=1S/C61H65N3O7/c62-59-31-44-17-15-39(13-14-41-16-22-56(67)45(26-41)25-40-7-2-1-3-8-40)9-6-11-52-32-51(66)21-19-43-30-58(57(68)29-47(43)35-65)71-36-48-28-50(27-46-33-64(34-53(46)48)60(63-59)54(44)38-70-52)61-23-24-69-37-49(61)20-18-42-10-4-5-12-55(42)61/h1-5,7-8,10,12,16,22,26-31,33-34,39,49,51-52,59,63,65-68H,6,9,11,13-14,18-21,23-25,32,35-38,62H2/t39-,49-,51+,52-,59?,61-/m0/s1.